The van der Waals surface area contributed by atoms with Crippen molar-refractivity contribution in [3.63, 3.8) is 0 Å². The molecule has 0 amide bonds. The van der Waals surface area contributed by atoms with Crippen molar-refractivity contribution in [3.05, 3.63) is 47.5 Å². The van der Waals surface area contributed by atoms with Crippen LogP contribution in [0.1, 0.15) is 0 Å². The summed E-state index contributed by atoms with van der Waals surface area (Å²) in [6.45, 7) is 0. The van der Waals surface area contributed by atoms with E-state index in [4.69, 9.17) is 16.3 Å². The average molecular weight is 291 g/mol. The fourth-order valence-corrected chi connectivity index (χ4v) is 2.87. The van der Waals surface area contributed by atoms with Crippen molar-refractivity contribution in [1.82, 2.24) is 4.98 Å². The minimum Gasteiger partial charge on any atom is -0.495 e. The maximum absolute atomic E-state index is 6.00. The molecule has 0 bridgehead atoms. The zero-order valence-electron chi connectivity index (χ0n) is 10.2. The van der Waals surface area contributed by atoms with Gasteiger partial charge in [0.25, 0.3) is 0 Å². The molecule has 0 radical (unpaired) electrons. The minimum absolute atomic E-state index is 0.595. The number of fused-ring (bicyclic) bond motifs is 1. The predicted molar refractivity (Wildman–Crippen MR) is 80.9 cm³/mol. The van der Waals surface area contributed by atoms with Crippen LogP contribution >= 0.6 is 22.9 Å². The molecule has 1 aromatic heterocycles. The highest BCUT2D eigenvalue weighted by Gasteiger charge is 2.05. The number of thiazole rings is 1. The Hall–Kier alpha value is -1.78. The Morgan fingerprint density at radius 3 is 2.84 bits per heavy atom. The molecule has 0 aliphatic carbocycles. The highest BCUT2D eigenvalue weighted by molar-refractivity contribution is 7.22. The second kappa shape index (κ2) is 5.07. The lowest BCUT2D eigenvalue weighted by Crippen LogP contribution is -1.91. The van der Waals surface area contributed by atoms with Gasteiger partial charge in [-0.2, -0.15) is 0 Å². The summed E-state index contributed by atoms with van der Waals surface area (Å²) in [7, 11) is 1.60. The summed E-state index contributed by atoms with van der Waals surface area (Å²) in [6, 6.07) is 13.6. The highest BCUT2D eigenvalue weighted by atomic mass is 35.5. The molecule has 0 aliphatic heterocycles. The Bertz CT molecular complexity index is 693. The van der Waals surface area contributed by atoms with Crippen LogP contribution in [-0.4, -0.2) is 12.1 Å². The van der Waals surface area contributed by atoms with Gasteiger partial charge in [0, 0.05) is 11.8 Å². The Morgan fingerprint density at radius 1 is 1.21 bits per heavy atom. The SMILES string of the molecule is COc1cc(Nc2nc3ccccc3s2)ccc1Cl. The number of hydrogen-bond acceptors (Lipinski definition) is 4. The van der Waals surface area contributed by atoms with Gasteiger partial charge in [-0.3, -0.25) is 0 Å². The van der Waals surface area contributed by atoms with Gasteiger partial charge in [-0.25, -0.2) is 4.98 Å². The van der Waals surface area contributed by atoms with E-state index in [1.807, 2.05) is 30.3 Å². The number of benzene rings is 2. The van der Waals surface area contributed by atoms with Gasteiger partial charge in [-0.15, -0.1) is 0 Å². The zero-order valence-corrected chi connectivity index (χ0v) is 11.8. The summed E-state index contributed by atoms with van der Waals surface area (Å²) in [5.74, 6) is 0.646. The van der Waals surface area contributed by atoms with E-state index in [1.165, 1.54) is 0 Å². The van der Waals surface area contributed by atoms with Crippen molar-refractivity contribution in [2.45, 2.75) is 0 Å². The fraction of sp³-hybridized carbons (Fsp3) is 0.0714. The second-order valence-electron chi connectivity index (χ2n) is 3.96. The van der Waals surface area contributed by atoms with E-state index >= 15 is 0 Å². The molecule has 5 heteroatoms. The van der Waals surface area contributed by atoms with E-state index in [9.17, 15) is 0 Å². The molecule has 0 saturated carbocycles. The van der Waals surface area contributed by atoms with Crippen LogP contribution in [0.4, 0.5) is 10.8 Å². The largest absolute Gasteiger partial charge is 0.495 e. The first-order chi connectivity index (χ1) is 9.26. The first-order valence-corrected chi connectivity index (χ1v) is 6.92. The Kier molecular flexibility index (Phi) is 3.27. The predicted octanol–water partition coefficient (Wildman–Crippen LogP) is 4.70. The highest BCUT2D eigenvalue weighted by Crippen LogP contribution is 2.31. The summed E-state index contributed by atoms with van der Waals surface area (Å²) in [5.41, 5.74) is 1.90. The summed E-state index contributed by atoms with van der Waals surface area (Å²) in [4.78, 5) is 4.52. The quantitative estimate of drug-likeness (QED) is 0.759. The molecule has 3 rings (SSSR count). The maximum Gasteiger partial charge on any atom is 0.188 e. The number of rotatable bonds is 3. The van der Waals surface area contributed by atoms with Crippen molar-refractivity contribution >= 4 is 44.0 Å². The third-order valence-electron chi connectivity index (χ3n) is 2.70. The molecule has 0 unspecified atom stereocenters. The molecule has 19 heavy (non-hydrogen) atoms. The lowest BCUT2D eigenvalue weighted by atomic mass is 10.3. The van der Waals surface area contributed by atoms with E-state index in [2.05, 4.69) is 16.4 Å². The van der Waals surface area contributed by atoms with E-state index < -0.39 is 0 Å². The second-order valence-corrected chi connectivity index (χ2v) is 5.40. The van der Waals surface area contributed by atoms with Gasteiger partial charge in [0.05, 0.1) is 22.3 Å². The van der Waals surface area contributed by atoms with Crippen molar-refractivity contribution < 1.29 is 4.74 Å². The molecule has 0 saturated heterocycles. The molecule has 3 aromatic rings. The summed E-state index contributed by atoms with van der Waals surface area (Å²) in [6.07, 6.45) is 0. The number of nitrogens with one attached hydrogen (secondary N) is 1. The molecule has 1 heterocycles. The molecule has 96 valence electrons. The molecule has 0 atom stereocenters. The van der Waals surface area contributed by atoms with Crippen molar-refractivity contribution in [3.8, 4) is 5.75 Å². The smallest absolute Gasteiger partial charge is 0.188 e. The van der Waals surface area contributed by atoms with Crippen molar-refractivity contribution in [2.75, 3.05) is 12.4 Å². The molecule has 0 spiro atoms. The third kappa shape index (κ3) is 2.50. The number of methoxy groups -OCH3 is 1. The van der Waals surface area contributed by atoms with Crippen molar-refractivity contribution in [2.24, 2.45) is 0 Å². The monoisotopic (exact) mass is 290 g/mol. The average Bonchev–Trinajstić information content (AvgIpc) is 2.83. The molecule has 1 N–H and O–H groups in total. The standard InChI is InChI=1S/C14H11ClN2OS/c1-18-12-8-9(6-7-10(12)15)16-14-17-11-4-2-3-5-13(11)19-14/h2-8H,1H3,(H,16,17). The van der Waals surface area contributed by atoms with Gasteiger partial charge in [0.2, 0.25) is 0 Å². The molecule has 0 aliphatic rings. The number of nitrogens with zero attached hydrogens (tertiary/aromatic N) is 1. The molecule has 3 nitrogen and oxygen atoms in total. The Balaban J connectivity index is 1.92. The number of ether oxygens (including phenoxy) is 1. The van der Waals surface area contributed by atoms with Crippen molar-refractivity contribution in [1.29, 1.82) is 0 Å². The number of halogens is 1. The fourth-order valence-electron chi connectivity index (χ4n) is 1.79. The number of para-hydroxylation sites is 1. The Morgan fingerprint density at radius 2 is 2.05 bits per heavy atom. The van der Waals surface area contributed by atoms with Gasteiger partial charge < -0.3 is 10.1 Å². The molecular formula is C14H11ClN2OS. The number of aromatic nitrogens is 1. The van der Waals surface area contributed by atoms with Crippen LogP contribution in [0.25, 0.3) is 10.2 Å². The lowest BCUT2D eigenvalue weighted by molar-refractivity contribution is 0.415. The molecular weight excluding hydrogens is 280 g/mol. The van der Waals surface area contributed by atoms with Crippen LogP contribution in [0.2, 0.25) is 5.02 Å². The topological polar surface area (TPSA) is 34.1 Å². The van der Waals surface area contributed by atoms with Crippen LogP contribution in [0.15, 0.2) is 42.5 Å². The van der Waals surface area contributed by atoms with Crippen LogP contribution in [-0.2, 0) is 0 Å². The Labute approximate surface area is 119 Å². The first kappa shape index (κ1) is 12.3. The van der Waals surface area contributed by atoms with Gasteiger partial charge in [-0.1, -0.05) is 35.1 Å². The normalized spacial score (nSPS) is 10.6. The van der Waals surface area contributed by atoms with Crippen LogP contribution in [0.5, 0.6) is 5.75 Å². The van der Waals surface area contributed by atoms with Gasteiger partial charge in [-0.05, 0) is 24.3 Å². The van der Waals surface area contributed by atoms with Crippen LogP contribution < -0.4 is 10.1 Å². The summed E-state index contributed by atoms with van der Waals surface area (Å²) < 4.78 is 6.35. The van der Waals surface area contributed by atoms with E-state index in [0.29, 0.717) is 10.8 Å². The lowest BCUT2D eigenvalue weighted by Gasteiger charge is -2.06. The van der Waals surface area contributed by atoms with E-state index in [0.717, 1.165) is 21.0 Å². The molecule has 0 fully saturated rings. The summed E-state index contributed by atoms with van der Waals surface area (Å²) >= 11 is 7.61. The van der Waals surface area contributed by atoms with Gasteiger partial charge >= 0.3 is 0 Å². The number of anilines is 2. The van der Waals surface area contributed by atoms with Gasteiger partial charge in [0.15, 0.2) is 5.13 Å². The minimum atomic E-state index is 0.595. The van der Waals surface area contributed by atoms with E-state index in [1.54, 1.807) is 24.5 Å². The van der Waals surface area contributed by atoms with Crippen LogP contribution in [0, 0.1) is 0 Å². The van der Waals surface area contributed by atoms with E-state index in [-0.39, 0.29) is 0 Å². The maximum atomic E-state index is 6.00. The number of hydrogen-bond donors (Lipinski definition) is 1. The zero-order chi connectivity index (χ0) is 13.2. The molecule has 2 aromatic carbocycles. The van der Waals surface area contributed by atoms with Gasteiger partial charge in [0.1, 0.15) is 5.75 Å². The first-order valence-electron chi connectivity index (χ1n) is 5.72. The summed E-state index contributed by atoms with van der Waals surface area (Å²) in [5, 5.41) is 4.71. The van der Waals surface area contributed by atoms with Crippen LogP contribution in [0.3, 0.4) is 0 Å². The third-order valence-corrected chi connectivity index (χ3v) is 3.96.